The van der Waals surface area contributed by atoms with E-state index in [0.29, 0.717) is 22.2 Å². The molecule has 2 aromatic carbocycles. The molecule has 2 N–H and O–H groups in total. The molecule has 0 fully saturated rings. The molecular weight excluding hydrogens is 444 g/mol. The highest BCUT2D eigenvalue weighted by atomic mass is 32.2. The number of rotatable bonds is 8. The first-order valence-electron chi connectivity index (χ1n) is 10.1. The molecule has 0 spiro atoms. The van der Waals surface area contributed by atoms with Gasteiger partial charge in [-0.3, -0.25) is 19.7 Å². The summed E-state index contributed by atoms with van der Waals surface area (Å²) >= 11 is 1.18. The van der Waals surface area contributed by atoms with E-state index in [4.69, 9.17) is 0 Å². The van der Waals surface area contributed by atoms with Gasteiger partial charge in [0.15, 0.2) is 11.0 Å². The van der Waals surface area contributed by atoms with Crippen LogP contribution in [0.4, 0.5) is 11.4 Å². The second kappa shape index (κ2) is 10.3. The number of anilines is 1. The first-order valence-corrected chi connectivity index (χ1v) is 11.1. The summed E-state index contributed by atoms with van der Waals surface area (Å²) in [4.78, 5) is 35.4. The summed E-state index contributed by atoms with van der Waals surface area (Å²) in [6.07, 6.45) is 0. The first-order chi connectivity index (χ1) is 15.7. The van der Waals surface area contributed by atoms with Crippen molar-refractivity contribution in [2.45, 2.75) is 32.0 Å². The fraction of sp³-hybridized carbons (Fsp3) is 0.273. The van der Waals surface area contributed by atoms with Gasteiger partial charge in [-0.1, -0.05) is 36.0 Å². The number of hydrogen-bond acceptors (Lipinski definition) is 7. The number of carbonyl (C=O) groups is 2. The number of nitrogens with zero attached hydrogens (tertiary/aromatic N) is 4. The molecular formula is C22H24N6O4S. The van der Waals surface area contributed by atoms with Crippen molar-refractivity contribution in [3.63, 3.8) is 0 Å². The van der Waals surface area contributed by atoms with Crippen molar-refractivity contribution in [3.8, 4) is 0 Å². The fourth-order valence-electron chi connectivity index (χ4n) is 3.17. The van der Waals surface area contributed by atoms with E-state index in [9.17, 15) is 19.7 Å². The van der Waals surface area contributed by atoms with Crippen molar-refractivity contribution >= 4 is 35.0 Å². The Hall–Kier alpha value is -3.73. The van der Waals surface area contributed by atoms with Gasteiger partial charge in [0.05, 0.1) is 22.4 Å². The van der Waals surface area contributed by atoms with Crippen LogP contribution in [0.3, 0.4) is 0 Å². The molecule has 1 atom stereocenters. The second-order valence-electron chi connectivity index (χ2n) is 7.50. The van der Waals surface area contributed by atoms with Crippen molar-refractivity contribution in [2.24, 2.45) is 7.05 Å². The molecule has 0 bridgehead atoms. The highest BCUT2D eigenvalue weighted by Crippen LogP contribution is 2.23. The zero-order valence-electron chi connectivity index (χ0n) is 18.7. The summed E-state index contributed by atoms with van der Waals surface area (Å²) in [5.41, 5.74) is 2.48. The van der Waals surface area contributed by atoms with Crippen LogP contribution in [0.1, 0.15) is 40.3 Å². The third-order valence-corrected chi connectivity index (χ3v) is 6.05. The topological polar surface area (TPSA) is 132 Å². The van der Waals surface area contributed by atoms with Gasteiger partial charge < -0.3 is 15.2 Å². The van der Waals surface area contributed by atoms with E-state index >= 15 is 0 Å². The normalized spacial score (nSPS) is 11.6. The zero-order valence-corrected chi connectivity index (χ0v) is 19.5. The number of thioether (sulfide) groups is 1. The maximum atomic E-state index is 12.6. The van der Waals surface area contributed by atoms with Crippen molar-refractivity contribution in [2.75, 3.05) is 11.1 Å². The smallest absolute Gasteiger partial charge is 0.271 e. The Kier molecular flexibility index (Phi) is 7.44. The lowest BCUT2D eigenvalue weighted by Gasteiger charge is -2.14. The Balaban J connectivity index is 1.61. The van der Waals surface area contributed by atoms with Crippen LogP contribution in [-0.4, -0.2) is 37.3 Å². The highest BCUT2D eigenvalue weighted by Gasteiger charge is 2.20. The molecule has 0 aliphatic heterocycles. The van der Waals surface area contributed by atoms with Gasteiger partial charge in [-0.15, -0.1) is 10.2 Å². The summed E-state index contributed by atoms with van der Waals surface area (Å²) in [5.74, 6) is 0.0610. The second-order valence-corrected chi connectivity index (χ2v) is 8.45. The first kappa shape index (κ1) is 23.9. The van der Waals surface area contributed by atoms with Crippen LogP contribution in [0.25, 0.3) is 0 Å². The van der Waals surface area contributed by atoms with Crippen molar-refractivity contribution in [3.05, 3.63) is 75.1 Å². The van der Waals surface area contributed by atoms with E-state index in [2.05, 4.69) is 20.8 Å². The molecule has 10 nitrogen and oxygen atoms in total. The molecule has 0 radical (unpaired) electrons. The Labute approximate surface area is 194 Å². The van der Waals surface area contributed by atoms with Crippen LogP contribution < -0.4 is 10.6 Å². The number of nitrogens with one attached hydrogen (secondary N) is 2. The van der Waals surface area contributed by atoms with Crippen LogP contribution in [0.5, 0.6) is 0 Å². The monoisotopic (exact) mass is 468 g/mol. The van der Waals surface area contributed by atoms with Gasteiger partial charge in [0.1, 0.15) is 0 Å². The third-order valence-electron chi connectivity index (χ3n) is 5.03. The molecule has 0 aliphatic carbocycles. The van der Waals surface area contributed by atoms with Crippen LogP contribution in [0.2, 0.25) is 0 Å². The molecule has 3 aromatic rings. The van der Waals surface area contributed by atoms with Gasteiger partial charge in [0.2, 0.25) is 5.91 Å². The van der Waals surface area contributed by atoms with Crippen LogP contribution in [-0.2, 0) is 11.8 Å². The number of nitro benzene ring substituents is 1. The Bertz CT molecular complexity index is 1210. The van der Waals surface area contributed by atoms with Crippen molar-refractivity contribution < 1.29 is 14.5 Å². The SMILES string of the molecule is Cc1ccc([N+](=O)[O-])cc1NC(=O)CSc1nnc([C@@H](C)NC(=O)c2ccccc2C)n1C. The molecule has 11 heteroatoms. The highest BCUT2D eigenvalue weighted by molar-refractivity contribution is 7.99. The molecule has 3 rings (SSSR count). The van der Waals surface area contributed by atoms with Crippen molar-refractivity contribution in [1.29, 1.82) is 0 Å². The number of benzene rings is 2. The molecule has 0 unspecified atom stereocenters. The molecule has 33 heavy (non-hydrogen) atoms. The fourth-order valence-corrected chi connectivity index (χ4v) is 3.89. The van der Waals surface area contributed by atoms with Crippen LogP contribution in [0, 0.1) is 24.0 Å². The summed E-state index contributed by atoms with van der Waals surface area (Å²) < 4.78 is 1.72. The number of hydrogen-bond donors (Lipinski definition) is 2. The van der Waals surface area contributed by atoms with E-state index in [1.54, 1.807) is 30.7 Å². The number of non-ortho nitro benzene ring substituents is 1. The van der Waals surface area contributed by atoms with Gasteiger partial charge >= 0.3 is 0 Å². The molecule has 2 amide bonds. The van der Waals surface area contributed by atoms with E-state index in [-0.39, 0.29) is 23.3 Å². The molecule has 0 aliphatic rings. The Morgan fingerprint density at radius 3 is 2.58 bits per heavy atom. The summed E-state index contributed by atoms with van der Waals surface area (Å²) in [6, 6.07) is 11.2. The number of aromatic nitrogens is 3. The van der Waals surface area contributed by atoms with Gasteiger partial charge in [0.25, 0.3) is 11.6 Å². The largest absolute Gasteiger partial charge is 0.342 e. The minimum absolute atomic E-state index is 0.0397. The molecule has 0 saturated heterocycles. The standard InChI is InChI=1S/C22H24N6O4S/c1-13-7-5-6-8-17(13)21(30)23-15(3)20-25-26-22(27(20)4)33-12-19(29)24-18-11-16(28(31)32)10-9-14(18)2/h5-11,15H,12H2,1-4H3,(H,23,30)(H,24,29)/t15-/m1/s1. The van der Waals surface area contributed by atoms with Crippen molar-refractivity contribution in [1.82, 2.24) is 20.1 Å². The average Bonchev–Trinajstić information content (AvgIpc) is 3.14. The Morgan fingerprint density at radius 1 is 1.15 bits per heavy atom. The lowest BCUT2D eigenvalue weighted by molar-refractivity contribution is -0.384. The minimum Gasteiger partial charge on any atom is -0.342 e. The predicted octanol–water partition coefficient (Wildman–Crippen LogP) is 3.56. The minimum atomic E-state index is -0.510. The molecule has 1 aromatic heterocycles. The molecule has 1 heterocycles. The van der Waals surface area contributed by atoms with E-state index in [0.717, 1.165) is 11.1 Å². The number of amides is 2. The third kappa shape index (κ3) is 5.75. The number of carbonyl (C=O) groups excluding carboxylic acids is 2. The van der Waals surface area contributed by atoms with Gasteiger partial charge in [-0.25, -0.2) is 0 Å². The van der Waals surface area contributed by atoms with Gasteiger partial charge in [-0.05, 0) is 38.0 Å². The summed E-state index contributed by atoms with van der Waals surface area (Å²) in [7, 11) is 1.76. The lowest BCUT2D eigenvalue weighted by Crippen LogP contribution is -2.29. The van der Waals surface area contributed by atoms with Crippen LogP contribution >= 0.6 is 11.8 Å². The van der Waals surface area contributed by atoms with E-state index in [1.165, 1.54) is 23.9 Å². The lowest BCUT2D eigenvalue weighted by atomic mass is 10.1. The molecule has 0 saturated carbocycles. The predicted molar refractivity (Wildman–Crippen MR) is 125 cm³/mol. The summed E-state index contributed by atoms with van der Waals surface area (Å²) in [5, 5.41) is 25.4. The summed E-state index contributed by atoms with van der Waals surface area (Å²) in [6.45, 7) is 5.44. The maximum Gasteiger partial charge on any atom is 0.271 e. The quantitative estimate of drug-likeness (QED) is 0.293. The van der Waals surface area contributed by atoms with Crippen LogP contribution in [0.15, 0.2) is 47.6 Å². The Morgan fingerprint density at radius 2 is 1.88 bits per heavy atom. The van der Waals surface area contributed by atoms with Gasteiger partial charge in [-0.2, -0.15) is 0 Å². The van der Waals surface area contributed by atoms with Gasteiger partial charge in [0, 0.05) is 24.7 Å². The number of nitro groups is 1. The van der Waals surface area contributed by atoms with E-state index < -0.39 is 11.0 Å². The molecule has 172 valence electrons. The average molecular weight is 469 g/mol. The maximum absolute atomic E-state index is 12.6. The van der Waals surface area contributed by atoms with E-state index in [1.807, 2.05) is 32.0 Å². The zero-order chi connectivity index (χ0) is 24.1. The number of aryl methyl sites for hydroxylation is 2.